The van der Waals surface area contributed by atoms with Gasteiger partial charge in [0.05, 0.1) is 0 Å². The summed E-state index contributed by atoms with van der Waals surface area (Å²) in [5.74, 6) is 1.15. The van der Waals surface area contributed by atoms with Crippen LogP contribution >= 0.6 is 27.3 Å². The minimum atomic E-state index is 0.0244. The van der Waals surface area contributed by atoms with Crippen molar-refractivity contribution in [3.8, 4) is 0 Å². The zero-order chi connectivity index (χ0) is 15.5. The molecular formula is C15H19BrN4OS. The van der Waals surface area contributed by atoms with E-state index in [1.165, 1.54) is 4.88 Å². The van der Waals surface area contributed by atoms with Gasteiger partial charge in [0.25, 0.3) is 0 Å². The summed E-state index contributed by atoms with van der Waals surface area (Å²) in [6.45, 7) is 2.35. The lowest BCUT2D eigenvalue weighted by Gasteiger charge is -2.35. The molecule has 2 aromatic rings. The molecule has 0 aliphatic carbocycles. The molecule has 2 aromatic heterocycles. The number of carbonyl (C=O) groups excluding carboxylic acids is 1. The van der Waals surface area contributed by atoms with Gasteiger partial charge in [0, 0.05) is 60.2 Å². The Morgan fingerprint density at radius 2 is 2.45 bits per heavy atom. The van der Waals surface area contributed by atoms with Crippen molar-refractivity contribution in [3.63, 3.8) is 0 Å². The molecule has 3 heterocycles. The number of aryl methyl sites for hydroxylation is 2. The molecule has 118 valence electrons. The van der Waals surface area contributed by atoms with E-state index in [0.29, 0.717) is 6.42 Å². The Morgan fingerprint density at radius 3 is 3.14 bits per heavy atom. The predicted octanol–water partition coefficient (Wildman–Crippen LogP) is 2.35. The second kappa shape index (κ2) is 6.93. The van der Waals surface area contributed by atoms with E-state index in [2.05, 4.69) is 37.7 Å². The summed E-state index contributed by atoms with van der Waals surface area (Å²) < 4.78 is 3.09. The lowest BCUT2D eigenvalue weighted by Crippen LogP contribution is -2.49. The Labute approximate surface area is 142 Å². The van der Waals surface area contributed by atoms with Gasteiger partial charge in [-0.25, -0.2) is 4.98 Å². The Kier molecular flexibility index (Phi) is 4.95. The number of carbonyl (C=O) groups is 1. The smallest absolute Gasteiger partial charge is 0.223 e. The molecular weight excluding hydrogens is 364 g/mol. The van der Waals surface area contributed by atoms with Crippen LogP contribution in [0.4, 0.5) is 0 Å². The van der Waals surface area contributed by atoms with Crippen molar-refractivity contribution in [2.24, 2.45) is 7.05 Å². The molecule has 3 rings (SSSR count). The van der Waals surface area contributed by atoms with Crippen molar-refractivity contribution in [3.05, 3.63) is 39.0 Å². The highest BCUT2D eigenvalue weighted by Crippen LogP contribution is 2.24. The van der Waals surface area contributed by atoms with Crippen molar-refractivity contribution in [1.82, 2.24) is 19.8 Å². The van der Waals surface area contributed by atoms with E-state index < -0.39 is 0 Å². The first-order valence-corrected chi connectivity index (χ1v) is 9.02. The maximum absolute atomic E-state index is 12.6. The van der Waals surface area contributed by atoms with Gasteiger partial charge in [-0.1, -0.05) is 0 Å². The van der Waals surface area contributed by atoms with E-state index >= 15 is 0 Å². The van der Waals surface area contributed by atoms with Crippen molar-refractivity contribution in [1.29, 1.82) is 0 Å². The van der Waals surface area contributed by atoms with Gasteiger partial charge in [-0.15, -0.1) is 11.3 Å². The molecule has 22 heavy (non-hydrogen) atoms. The molecule has 1 aliphatic rings. The van der Waals surface area contributed by atoms with E-state index in [1.54, 1.807) is 17.5 Å². The number of nitrogens with zero attached hydrogens (tertiary/aromatic N) is 3. The number of amides is 1. The first-order chi connectivity index (χ1) is 10.6. The van der Waals surface area contributed by atoms with Crippen LogP contribution in [-0.2, 0) is 18.3 Å². The van der Waals surface area contributed by atoms with Crippen LogP contribution in [-0.4, -0.2) is 40.0 Å². The Bertz CT molecular complexity index is 654. The van der Waals surface area contributed by atoms with E-state index in [1.807, 2.05) is 22.7 Å². The third kappa shape index (κ3) is 3.42. The Morgan fingerprint density at radius 1 is 1.59 bits per heavy atom. The quantitative estimate of drug-likeness (QED) is 0.882. The third-order valence-electron chi connectivity index (χ3n) is 3.93. The number of imidazole rings is 1. The van der Waals surface area contributed by atoms with Crippen LogP contribution in [0.1, 0.15) is 23.2 Å². The van der Waals surface area contributed by atoms with Crippen LogP contribution < -0.4 is 5.32 Å². The van der Waals surface area contributed by atoms with Gasteiger partial charge in [0.2, 0.25) is 5.91 Å². The van der Waals surface area contributed by atoms with E-state index in [9.17, 15) is 4.79 Å². The summed E-state index contributed by atoms with van der Waals surface area (Å²) in [4.78, 5) is 20.3. The van der Waals surface area contributed by atoms with Gasteiger partial charge in [0.15, 0.2) is 0 Å². The molecule has 7 heteroatoms. The minimum Gasteiger partial charge on any atom is -0.336 e. The largest absolute Gasteiger partial charge is 0.336 e. The predicted molar refractivity (Wildman–Crippen MR) is 90.9 cm³/mol. The summed E-state index contributed by atoms with van der Waals surface area (Å²) in [6.07, 6.45) is 5.06. The SMILES string of the molecule is Cn1ccnc1C1CNCCN1C(=O)CCc1cc(Br)cs1. The zero-order valence-electron chi connectivity index (χ0n) is 12.5. The van der Waals surface area contributed by atoms with Gasteiger partial charge < -0.3 is 14.8 Å². The van der Waals surface area contributed by atoms with Gasteiger partial charge >= 0.3 is 0 Å². The summed E-state index contributed by atoms with van der Waals surface area (Å²) >= 11 is 5.15. The van der Waals surface area contributed by atoms with Crippen LogP contribution in [0.15, 0.2) is 28.3 Å². The maximum atomic E-state index is 12.6. The number of thiophene rings is 1. The van der Waals surface area contributed by atoms with Crippen LogP contribution in [0.2, 0.25) is 0 Å². The summed E-state index contributed by atoms with van der Waals surface area (Å²) in [6, 6.07) is 2.11. The van der Waals surface area contributed by atoms with Crippen LogP contribution in [0.25, 0.3) is 0 Å². The molecule has 5 nitrogen and oxygen atoms in total. The number of hydrogen-bond acceptors (Lipinski definition) is 4. The fourth-order valence-corrected chi connectivity index (χ4v) is 4.25. The first-order valence-electron chi connectivity index (χ1n) is 7.35. The fraction of sp³-hybridized carbons (Fsp3) is 0.467. The van der Waals surface area contributed by atoms with E-state index in [-0.39, 0.29) is 11.9 Å². The normalized spacial score (nSPS) is 18.6. The molecule has 1 saturated heterocycles. The number of hydrogen-bond donors (Lipinski definition) is 1. The average Bonchev–Trinajstić information content (AvgIpc) is 3.13. The molecule has 1 unspecified atom stereocenters. The van der Waals surface area contributed by atoms with Crippen LogP contribution in [0, 0.1) is 0 Å². The number of piperazine rings is 1. The molecule has 0 aromatic carbocycles. The topological polar surface area (TPSA) is 50.2 Å². The second-order valence-corrected chi connectivity index (χ2v) is 7.35. The molecule has 0 radical (unpaired) electrons. The van der Waals surface area contributed by atoms with Gasteiger partial charge in [-0.2, -0.15) is 0 Å². The minimum absolute atomic E-state index is 0.0244. The Balaban J connectivity index is 1.67. The van der Waals surface area contributed by atoms with Crippen LogP contribution in [0.5, 0.6) is 0 Å². The molecule has 0 spiro atoms. The van der Waals surface area contributed by atoms with Crippen molar-refractivity contribution in [2.75, 3.05) is 19.6 Å². The highest BCUT2D eigenvalue weighted by molar-refractivity contribution is 9.10. The molecule has 1 amide bonds. The van der Waals surface area contributed by atoms with Crippen LogP contribution in [0.3, 0.4) is 0 Å². The number of rotatable bonds is 4. The van der Waals surface area contributed by atoms with E-state index in [0.717, 1.165) is 36.4 Å². The number of halogens is 1. The van der Waals surface area contributed by atoms with Crippen molar-refractivity contribution >= 4 is 33.2 Å². The van der Waals surface area contributed by atoms with Gasteiger partial charge in [0.1, 0.15) is 11.9 Å². The highest BCUT2D eigenvalue weighted by Gasteiger charge is 2.29. The average molecular weight is 383 g/mol. The number of nitrogens with one attached hydrogen (secondary N) is 1. The lowest BCUT2D eigenvalue weighted by molar-refractivity contribution is -0.134. The second-order valence-electron chi connectivity index (χ2n) is 5.43. The van der Waals surface area contributed by atoms with Gasteiger partial charge in [-0.05, 0) is 28.4 Å². The highest BCUT2D eigenvalue weighted by atomic mass is 79.9. The molecule has 0 saturated carbocycles. The number of aromatic nitrogens is 2. The molecule has 1 aliphatic heterocycles. The molecule has 1 atom stereocenters. The summed E-state index contributed by atoms with van der Waals surface area (Å²) in [7, 11) is 1.97. The summed E-state index contributed by atoms with van der Waals surface area (Å²) in [5, 5.41) is 5.42. The summed E-state index contributed by atoms with van der Waals surface area (Å²) in [5.41, 5.74) is 0. The lowest BCUT2D eigenvalue weighted by atomic mass is 10.1. The van der Waals surface area contributed by atoms with E-state index in [4.69, 9.17) is 0 Å². The fourth-order valence-electron chi connectivity index (χ4n) is 2.79. The third-order valence-corrected chi connectivity index (χ3v) is 5.68. The van der Waals surface area contributed by atoms with Gasteiger partial charge in [-0.3, -0.25) is 4.79 Å². The Hall–Kier alpha value is -1.18. The van der Waals surface area contributed by atoms with Crippen molar-refractivity contribution in [2.45, 2.75) is 18.9 Å². The maximum Gasteiger partial charge on any atom is 0.223 e. The zero-order valence-corrected chi connectivity index (χ0v) is 14.9. The van der Waals surface area contributed by atoms with Crippen molar-refractivity contribution < 1.29 is 4.79 Å². The molecule has 1 N–H and O–H groups in total. The standard InChI is InChI=1S/C15H19BrN4OS/c1-19-6-5-18-15(19)13-9-17-4-7-20(13)14(21)3-2-12-8-11(16)10-22-12/h5-6,8,10,13,17H,2-4,7,9H2,1H3. The monoisotopic (exact) mass is 382 g/mol. The first kappa shape index (κ1) is 15.7. The molecule has 0 bridgehead atoms. The molecule has 1 fully saturated rings.